The molecule has 3 aromatic heterocycles. The van der Waals surface area contributed by atoms with E-state index in [1.165, 1.54) is 57.6 Å². The molecule has 24 heteroatoms. The number of aromatic nitrogens is 5. The first kappa shape index (κ1) is 38.0. The second-order valence-corrected chi connectivity index (χ2v) is 11.7. The number of hydrogen-bond donors (Lipinski definition) is 3. The largest absolute Gasteiger partial charge is 0.481 e. The van der Waals surface area contributed by atoms with Gasteiger partial charge in [0.2, 0.25) is 23.5 Å². The Labute approximate surface area is 284 Å². The normalized spacial score (nSPS) is 11.1. The van der Waals surface area contributed by atoms with Gasteiger partial charge in [0, 0.05) is 20.3 Å². The first-order valence-corrected chi connectivity index (χ1v) is 15.1. The molecule has 0 saturated carbocycles. The van der Waals surface area contributed by atoms with E-state index in [2.05, 4.69) is 25.4 Å². The summed E-state index contributed by atoms with van der Waals surface area (Å²) in [6, 6.07) is 4.17. The van der Waals surface area contributed by atoms with Crippen LogP contribution in [0.4, 0.5) is 35.4 Å². The number of urea groups is 1. The summed E-state index contributed by atoms with van der Waals surface area (Å²) in [6.07, 6.45) is -2.60. The highest BCUT2D eigenvalue weighted by Crippen LogP contribution is 2.39. The number of carbonyl (C=O) groups excluding carboxylic acids is 2. The monoisotopic (exact) mass is 750 g/mol. The fraction of sp³-hybridized carbons (Fsp3) is 0.200. The number of nitrogens with zero attached hydrogens (tertiary/aromatic N) is 7. The van der Waals surface area contributed by atoms with Gasteiger partial charge in [0.15, 0.2) is 5.03 Å². The summed E-state index contributed by atoms with van der Waals surface area (Å²) >= 11 is 11.5. The molecule has 0 fully saturated rings. The smallest absolute Gasteiger partial charge is 0.416 e. The zero-order valence-electron chi connectivity index (χ0n) is 25.3. The third-order valence-electron chi connectivity index (χ3n) is 5.75. The predicted octanol–water partition coefficient (Wildman–Crippen LogP) is 3.79. The van der Waals surface area contributed by atoms with Gasteiger partial charge in [-0.25, -0.2) is 19.2 Å². The number of carbonyl (C=O) groups is 2. The fourth-order valence-corrected chi connectivity index (χ4v) is 5.26. The van der Waals surface area contributed by atoms with E-state index < -0.39 is 55.2 Å². The zero-order chi connectivity index (χ0) is 36.8. The average molecular weight is 751 g/mol. The van der Waals surface area contributed by atoms with Gasteiger partial charge < -0.3 is 20.1 Å². The highest BCUT2D eigenvalue weighted by molar-refractivity contribution is 7.90. The van der Waals surface area contributed by atoms with Crippen molar-refractivity contribution in [3.05, 3.63) is 74.0 Å². The van der Waals surface area contributed by atoms with E-state index in [9.17, 15) is 41.3 Å². The molecule has 0 unspecified atom stereocenters. The van der Waals surface area contributed by atoms with Crippen LogP contribution in [0.1, 0.15) is 15.9 Å². The zero-order valence-corrected chi connectivity index (χ0v) is 27.6. The van der Waals surface area contributed by atoms with E-state index in [0.29, 0.717) is 12.1 Å². The van der Waals surface area contributed by atoms with E-state index in [4.69, 9.17) is 38.4 Å². The van der Waals surface area contributed by atoms with Crippen molar-refractivity contribution in [2.75, 3.05) is 39.4 Å². The molecule has 0 aliphatic rings. The molecule has 18 nitrogen and oxygen atoms in total. The van der Waals surface area contributed by atoms with Crippen molar-refractivity contribution < 1.29 is 45.6 Å². The molecule has 0 aliphatic heterocycles. The Balaban J connectivity index is 0.000000276. The Kier molecular flexibility index (Phi) is 11.8. The number of alkyl halides is 3. The number of halogens is 5. The van der Waals surface area contributed by atoms with Gasteiger partial charge in [-0.15, -0.1) is 0 Å². The van der Waals surface area contributed by atoms with E-state index in [1.54, 1.807) is 4.72 Å². The lowest BCUT2D eigenvalue weighted by atomic mass is 10.2. The number of nitrogen functional groups attached to an aromatic ring is 1. The number of amides is 3. The molecule has 0 radical (unpaired) electrons. The SMILES string of the molecule is COc1cc(OC)nc(NC(=O)NS(=O)(=O)c2ncccc2C(=O)N(C)C)n1.Nc1c([N+](=O)[O-])cnn1-c1c(Cl)cc(C(F)(F)F)cc1Cl. The second-order valence-electron chi connectivity index (χ2n) is 9.26. The number of benzene rings is 1. The van der Waals surface area contributed by atoms with Crippen molar-refractivity contribution in [3.8, 4) is 17.4 Å². The molecule has 4 N–H and O–H groups in total. The predicted molar refractivity (Wildman–Crippen MR) is 166 cm³/mol. The van der Waals surface area contributed by atoms with Crippen molar-refractivity contribution in [1.82, 2.24) is 34.4 Å². The number of sulfonamides is 1. The third kappa shape index (κ3) is 9.11. The molecule has 49 heavy (non-hydrogen) atoms. The van der Waals surface area contributed by atoms with Gasteiger partial charge in [-0.2, -0.15) is 36.7 Å². The molecule has 3 heterocycles. The Morgan fingerprint density at radius 3 is 2.12 bits per heavy atom. The van der Waals surface area contributed by atoms with Crippen LogP contribution >= 0.6 is 23.2 Å². The number of rotatable bonds is 8. The summed E-state index contributed by atoms with van der Waals surface area (Å²) in [5.74, 6) is -1.06. The minimum atomic E-state index is -4.63. The number of nitro groups is 1. The van der Waals surface area contributed by atoms with Crippen molar-refractivity contribution >= 4 is 62.6 Å². The number of nitrogens with one attached hydrogen (secondary N) is 2. The maximum absolute atomic E-state index is 12.6. The molecule has 4 aromatic rings. The number of methoxy groups -OCH3 is 2. The van der Waals surface area contributed by atoms with Crippen molar-refractivity contribution in [2.45, 2.75) is 11.2 Å². The summed E-state index contributed by atoms with van der Waals surface area (Å²) in [5.41, 5.74) is 3.59. The highest BCUT2D eigenvalue weighted by Gasteiger charge is 2.33. The maximum Gasteiger partial charge on any atom is 0.416 e. The fourth-order valence-electron chi connectivity index (χ4n) is 3.57. The van der Waals surface area contributed by atoms with Crippen LogP contribution in [0.25, 0.3) is 5.69 Å². The van der Waals surface area contributed by atoms with Crippen LogP contribution in [0, 0.1) is 10.1 Å². The Bertz CT molecular complexity index is 1970. The molecule has 0 spiro atoms. The molecule has 4 rings (SSSR count). The first-order chi connectivity index (χ1) is 22.8. The summed E-state index contributed by atoms with van der Waals surface area (Å²) in [5, 5.41) is 15.1. The highest BCUT2D eigenvalue weighted by atomic mass is 35.5. The van der Waals surface area contributed by atoms with E-state index in [-0.39, 0.29) is 39.0 Å². The molecular weight excluding hydrogens is 728 g/mol. The van der Waals surface area contributed by atoms with Crippen LogP contribution < -0.4 is 25.2 Å². The van der Waals surface area contributed by atoms with Crippen LogP contribution in [-0.2, 0) is 16.2 Å². The van der Waals surface area contributed by atoms with Crippen molar-refractivity contribution in [1.29, 1.82) is 0 Å². The topological polar surface area (TPSA) is 240 Å². The third-order valence-corrected chi connectivity index (χ3v) is 7.62. The van der Waals surface area contributed by atoms with E-state index in [0.717, 1.165) is 10.9 Å². The van der Waals surface area contributed by atoms with Crippen molar-refractivity contribution in [3.63, 3.8) is 0 Å². The molecule has 3 amide bonds. The molecule has 0 aliphatic carbocycles. The maximum atomic E-state index is 12.6. The second kappa shape index (κ2) is 15.2. The lowest BCUT2D eigenvalue weighted by molar-refractivity contribution is -0.383. The Hall–Kier alpha value is -5.48. The van der Waals surface area contributed by atoms with Gasteiger partial charge in [-0.1, -0.05) is 23.2 Å². The Morgan fingerprint density at radius 1 is 1.08 bits per heavy atom. The summed E-state index contributed by atoms with van der Waals surface area (Å²) in [7, 11) is 1.15. The number of pyridine rings is 1. The van der Waals surface area contributed by atoms with Gasteiger partial charge in [-0.3, -0.25) is 20.2 Å². The van der Waals surface area contributed by atoms with Gasteiger partial charge in [-0.05, 0) is 24.3 Å². The number of ether oxygens (including phenoxy) is 2. The molecule has 0 bridgehead atoms. The molecule has 0 atom stereocenters. The van der Waals surface area contributed by atoms with Crippen LogP contribution in [0.15, 0.2) is 47.8 Å². The average Bonchev–Trinajstić information content (AvgIpc) is 3.40. The van der Waals surface area contributed by atoms with Gasteiger partial charge in [0.25, 0.3) is 15.9 Å². The lowest BCUT2D eigenvalue weighted by Gasteiger charge is -2.14. The minimum absolute atomic E-state index is 0.0913. The quantitative estimate of drug-likeness (QED) is 0.172. The lowest BCUT2D eigenvalue weighted by Crippen LogP contribution is -2.36. The molecule has 262 valence electrons. The molecule has 1 aromatic carbocycles. The van der Waals surface area contributed by atoms with E-state index in [1.807, 2.05) is 0 Å². The van der Waals surface area contributed by atoms with Gasteiger partial charge in [0.1, 0.15) is 11.9 Å². The van der Waals surface area contributed by atoms with Crippen LogP contribution in [-0.4, -0.2) is 83.2 Å². The van der Waals surface area contributed by atoms with E-state index >= 15 is 0 Å². The summed E-state index contributed by atoms with van der Waals surface area (Å²) in [6.45, 7) is 0. The van der Waals surface area contributed by atoms with Gasteiger partial charge in [0.05, 0.1) is 46.4 Å². The number of hydrogen-bond acceptors (Lipinski definition) is 13. The van der Waals surface area contributed by atoms with Crippen molar-refractivity contribution in [2.24, 2.45) is 0 Å². The summed E-state index contributed by atoms with van der Waals surface area (Å²) < 4.78 is 75.4. The molecular formula is C25H23Cl2F3N10O8S. The molecule has 0 saturated heterocycles. The number of anilines is 2. The first-order valence-electron chi connectivity index (χ1n) is 12.8. The standard InChI is InChI=1S/C15H18N6O6S.C10H5Cl2F3N4O2/c1-21(2)13(22)9-6-5-7-16-12(9)28(24,25)20-15(23)19-14-17-10(26-3)8-11(18-14)27-4;11-5-1-4(10(13,14)15)2-6(12)8(5)18-9(16)7(3-17-18)19(20)21/h5-8H,1-4H3,(H2,17,18,19,20,23);1-3H,16H2. The minimum Gasteiger partial charge on any atom is -0.481 e. The van der Waals surface area contributed by atoms with Crippen LogP contribution in [0.3, 0.4) is 0 Å². The number of nitrogens with two attached hydrogens (primary N) is 1. The van der Waals surface area contributed by atoms with Crippen LogP contribution in [0.2, 0.25) is 10.0 Å². The Morgan fingerprint density at radius 2 is 1.65 bits per heavy atom. The van der Waals surface area contributed by atoms with Crippen LogP contribution in [0.5, 0.6) is 11.8 Å². The van der Waals surface area contributed by atoms with Gasteiger partial charge >= 0.3 is 17.9 Å². The summed E-state index contributed by atoms with van der Waals surface area (Å²) in [4.78, 5) is 46.8.